The molecule has 2 N–H and O–H groups in total. The van der Waals surface area contributed by atoms with Gasteiger partial charge in [-0.05, 0) is 61.1 Å². The fourth-order valence-electron chi connectivity index (χ4n) is 5.32. The molecular formula is C27H33N2O5PS. The van der Waals surface area contributed by atoms with Crippen LogP contribution in [0.5, 0.6) is 0 Å². The van der Waals surface area contributed by atoms with Gasteiger partial charge in [0.05, 0.1) is 32.6 Å². The summed E-state index contributed by atoms with van der Waals surface area (Å²) in [4.78, 5) is 16.6. The molecule has 3 saturated heterocycles. The lowest BCUT2D eigenvalue weighted by atomic mass is 9.73. The number of piperidine rings is 3. The van der Waals surface area contributed by atoms with Crippen molar-refractivity contribution in [2.24, 2.45) is 11.8 Å². The summed E-state index contributed by atoms with van der Waals surface area (Å²) >= 11 is 0. The van der Waals surface area contributed by atoms with Crippen LogP contribution in [0.1, 0.15) is 24.5 Å². The van der Waals surface area contributed by atoms with E-state index in [1.165, 1.54) is 18.7 Å². The number of fused-ring (bicyclic) bond motifs is 4. The molecule has 3 aromatic rings. The second-order valence-electron chi connectivity index (χ2n) is 9.23. The van der Waals surface area contributed by atoms with Crippen molar-refractivity contribution in [2.45, 2.75) is 29.9 Å². The van der Waals surface area contributed by atoms with Gasteiger partial charge in [-0.25, -0.2) is 0 Å². The van der Waals surface area contributed by atoms with Gasteiger partial charge in [0.15, 0.2) is 0 Å². The average molecular weight is 529 g/mol. The number of hydrogen-bond acceptors (Lipinski definition) is 6. The van der Waals surface area contributed by atoms with E-state index in [2.05, 4.69) is 33.1 Å². The molecule has 0 saturated carbocycles. The molecule has 9 heteroatoms. The van der Waals surface area contributed by atoms with E-state index in [0.29, 0.717) is 16.7 Å². The number of hydrogen-bond donors (Lipinski definition) is 2. The molecule has 0 spiro atoms. The molecule has 7 atom stereocenters. The smallest absolute Gasteiger partial charge is 0.359 e. The van der Waals surface area contributed by atoms with Gasteiger partial charge in [0.2, 0.25) is 0 Å². The Bertz CT molecular complexity index is 1300. The van der Waals surface area contributed by atoms with Crippen LogP contribution >= 0.6 is 7.60 Å². The Morgan fingerprint density at radius 3 is 2.61 bits per heavy atom. The average Bonchev–Trinajstić information content (AvgIpc) is 2.92. The SMILES string of the molecule is C=C[C@H]1CN2CC[C@H]1C[C@@H]2[C@@H](O)c1ccnc2ccccc12.COP(=O)(O)c1ccccc1[S@](C)=O. The van der Waals surface area contributed by atoms with Gasteiger partial charge in [-0.3, -0.25) is 18.7 Å². The van der Waals surface area contributed by atoms with Gasteiger partial charge in [0, 0.05) is 37.5 Å². The van der Waals surface area contributed by atoms with Crippen LogP contribution in [-0.4, -0.2) is 56.6 Å². The van der Waals surface area contributed by atoms with E-state index in [1.54, 1.807) is 18.2 Å². The summed E-state index contributed by atoms with van der Waals surface area (Å²) in [5, 5.41) is 12.2. The third kappa shape index (κ3) is 5.54. The molecule has 1 aromatic heterocycles. The molecule has 6 rings (SSSR count). The highest BCUT2D eigenvalue weighted by molar-refractivity contribution is 7.85. The Morgan fingerprint density at radius 1 is 1.22 bits per heavy atom. The molecule has 36 heavy (non-hydrogen) atoms. The minimum Gasteiger partial charge on any atom is -0.387 e. The fourth-order valence-corrected chi connectivity index (χ4v) is 7.51. The molecule has 0 aliphatic carbocycles. The van der Waals surface area contributed by atoms with E-state index >= 15 is 0 Å². The second kappa shape index (κ2) is 11.5. The largest absolute Gasteiger partial charge is 0.387 e. The van der Waals surface area contributed by atoms with Crippen molar-refractivity contribution in [2.75, 3.05) is 26.5 Å². The van der Waals surface area contributed by atoms with Crippen LogP contribution in [0.25, 0.3) is 10.9 Å². The van der Waals surface area contributed by atoms with Crippen LogP contribution in [0.15, 0.2) is 78.3 Å². The normalized spacial score (nSPS) is 26.3. The molecule has 4 heterocycles. The number of para-hydroxylation sites is 1. The standard InChI is InChI=1S/C19H22N2O.C8H11O4PS/c1-2-13-12-21-10-8-14(13)11-18(21)19(22)16-7-9-20-17-6-4-3-5-15(16)17;1-12-13(9,10)7-5-3-4-6-8(7)14(2)11/h2-7,9,13-14,18-19,22H,1,8,10-12H2;3-6H,1-2H3,(H,9,10)/t13-,14-,18+,19-;14-/m00/s1. The predicted octanol–water partition coefficient (Wildman–Crippen LogP) is 4.05. The first kappa shape index (κ1) is 26.9. The molecule has 192 valence electrons. The van der Waals surface area contributed by atoms with Crippen LogP contribution in [0.4, 0.5) is 0 Å². The Kier molecular flexibility index (Phi) is 8.56. The molecule has 2 unspecified atom stereocenters. The summed E-state index contributed by atoms with van der Waals surface area (Å²) in [6.07, 6.45) is 7.21. The van der Waals surface area contributed by atoms with Gasteiger partial charge in [0.25, 0.3) is 0 Å². The Hall–Kier alpha value is -2.19. The third-order valence-corrected chi connectivity index (χ3v) is 9.87. The number of aliphatic hydroxyl groups is 1. The maximum absolute atomic E-state index is 11.5. The zero-order valence-electron chi connectivity index (χ0n) is 20.6. The summed E-state index contributed by atoms with van der Waals surface area (Å²) in [7, 11) is -3.96. The lowest BCUT2D eigenvalue weighted by molar-refractivity contribution is -0.0444. The minimum atomic E-state index is -3.81. The van der Waals surface area contributed by atoms with Gasteiger partial charge in [-0.15, -0.1) is 6.58 Å². The summed E-state index contributed by atoms with van der Waals surface area (Å²) in [6.45, 7) is 6.11. The summed E-state index contributed by atoms with van der Waals surface area (Å²) in [6, 6.07) is 16.5. The Morgan fingerprint density at radius 2 is 1.94 bits per heavy atom. The topological polar surface area (TPSA) is 100.0 Å². The van der Waals surface area contributed by atoms with E-state index in [1.807, 2.05) is 30.5 Å². The summed E-state index contributed by atoms with van der Waals surface area (Å²) < 4.78 is 27.3. The molecule has 3 aliphatic heterocycles. The quantitative estimate of drug-likeness (QED) is 0.368. The number of benzene rings is 2. The number of aliphatic hydroxyl groups excluding tert-OH is 1. The van der Waals surface area contributed by atoms with Crippen LogP contribution in [-0.2, 0) is 19.9 Å². The minimum absolute atomic E-state index is 0.100. The highest BCUT2D eigenvalue weighted by atomic mass is 32.2. The third-order valence-electron chi connectivity index (χ3n) is 7.25. The number of pyridine rings is 1. The van der Waals surface area contributed by atoms with Gasteiger partial charge >= 0.3 is 7.60 Å². The maximum Gasteiger partial charge on any atom is 0.359 e. The number of rotatable bonds is 6. The monoisotopic (exact) mass is 528 g/mol. The van der Waals surface area contributed by atoms with E-state index in [0.717, 1.165) is 43.1 Å². The van der Waals surface area contributed by atoms with E-state index < -0.39 is 24.5 Å². The Balaban J connectivity index is 0.000000189. The predicted molar refractivity (Wildman–Crippen MR) is 144 cm³/mol. The Labute approximate surface area is 214 Å². The molecular weight excluding hydrogens is 495 g/mol. The van der Waals surface area contributed by atoms with Gasteiger partial charge in [-0.1, -0.05) is 36.4 Å². The van der Waals surface area contributed by atoms with E-state index in [4.69, 9.17) is 0 Å². The van der Waals surface area contributed by atoms with E-state index in [9.17, 15) is 18.8 Å². The maximum atomic E-state index is 11.5. The molecule has 0 amide bonds. The molecule has 2 bridgehead atoms. The highest BCUT2D eigenvalue weighted by Crippen LogP contribution is 2.42. The summed E-state index contributed by atoms with van der Waals surface area (Å²) in [5.41, 5.74) is 1.97. The van der Waals surface area contributed by atoms with E-state index in [-0.39, 0.29) is 11.3 Å². The zero-order valence-corrected chi connectivity index (χ0v) is 22.3. The fraction of sp³-hybridized carbons (Fsp3) is 0.370. The number of aromatic nitrogens is 1. The van der Waals surface area contributed by atoms with Gasteiger partial charge in [-0.2, -0.15) is 0 Å². The molecule has 3 fully saturated rings. The lowest BCUT2D eigenvalue weighted by Crippen LogP contribution is -2.54. The van der Waals surface area contributed by atoms with Crippen molar-refractivity contribution >= 4 is 34.6 Å². The second-order valence-corrected chi connectivity index (χ2v) is 12.5. The molecule has 0 radical (unpaired) electrons. The van der Waals surface area contributed by atoms with Crippen molar-refractivity contribution in [3.63, 3.8) is 0 Å². The van der Waals surface area contributed by atoms with Crippen LogP contribution in [0.3, 0.4) is 0 Å². The zero-order chi connectivity index (χ0) is 25.9. The van der Waals surface area contributed by atoms with Crippen molar-refractivity contribution in [3.05, 3.63) is 79.0 Å². The first-order valence-corrected chi connectivity index (χ1v) is 15.1. The highest BCUT2D eigenvalue weighted by Gasteiger charge is 2.42. The molecule has 7 nitrogen and oxygen atoms in total. The van der Waals surface area contributed by atoms with Gasteiger partial charge < -0.3 is 14.5 Å². The molecule has 3 aliphatic rings. The van der Waals surface area contributed by atoms with Crippen LogP contribution < -0.4 is 5.30 Å². The van der Waals surface area contributed by atoms with Crippen molar-refractivity contribution in [1.82, 2.24) is 9.88 Å². The first-order chi connectivity index (χ1) is 17.3. The van der Waals surface area contributed by atoms with Crippen molar-refractivity contribution in [3.8, 4) is 0 Å². The molecule has 2 aromatic carbocycles. The van der Waals surface area contributed by atoms with Crippen molar-refractivity contribution < 1.29 is 23.3 Å². The number of nitrogens with zero attached hydrogens (tertiary/aromatic N) is 2. The lowest BCUT2D eigenvalue weighted by Gasteiger charge is -2.50. The van der Waals surface area contributed by atoms with Crippen LogP contribution in [0.2, 0.25) is 0 Å². The summed E-state index contributed by atoms with van der Waals surface area (Å²) in [5.74, 6) is 1.27. The van der Waals surface area contributed by atoms with Gasteiger partial charge in [0.1, 0.15) is 0 Å². The van der Waals surface area contributed by atoms with Crippen LogP contribution in [0, 0.1) is 11.8 Å². The first-order valence-electron chi connectivity index (χ1n) is 12.0. The van der Waals surface area contributed by atoms with Crippen molar-refractivity contribution in [1.29, 1.82) is 0 Å².